The number of hydrogen-bond donors (Lipinski definition) is 2. The number of allylic oxidation sites excluding steroid dienone is 3. The largest absolute Gasteiger partial charge is 0.494 e. The van der Waals surface area contributed by atoms with E-state index in [-0.39, 0.29) is 41.2 Å². The number of hydrogen-bond acceptors (Lipinski definition) is 5. The number of benzene rings is 2. The van der Waals surface area contributed by atoms with Crippen molar-refractivity contribution in [2.45, 2.75) is 72.0 Å². The van der Waals surface area contributed by atoms with Crippen molar-refractivity contribution in [3.05, 3.63) is 70.4 Å². The molecule has 0 spiro atoms. The molecule has 45 heavy (non-hydrogen) atoms. The minimum Gasteiger partial charge on any atom is -0.494 e. The Morgan fingerprint density at radius 3 is 2.51 bits per heavy atom. The summed E-state index contributed by atoms with van der Waals surface area (Å²) in [6, 6.07) is 9.70. The van der Waals surface area contributed by atoms with E-state index in [0.717, 1.165) is 37.5 Å². The maximum Gasteiger partial charge on any atom is 0.397 e. The van der Waals surface area contributed by atoms with Crippen LogP contribution in [-0.4, -0.2) is 57.7 Å². The number of halogens is 3. The summed E-state index contributed by atoms with van der Waals surface area (Å²) >= 11 is 0. The molecule has 0 fully saturated rings. The molecule has 0 saturated heterocycles. The van der Waals surface area contributed by atoms with Gasteiger partial charge >= 0.3 is 6.18 Å². The molecular weight excluding hydrogens is 605 g/mol. The Morgan fingerprint density at radius 2 is 1.89 bits per heavy atom. The zero-order valence-electron chi connectivity index (χ0n) is 26.9. The molecule has 2 aromatic carbocycles. The van der Waals surface area contributed by atoms with Crippen LogP contribution in [-0.2, 0) is 10.0 Å². The van der Waals surface area contributed by atoms with E-state index >= 15 is 0 Å². The van der Waals surface area contributed by atoms with E-state index in [0.29, 0.717) is 17.0 Å². The van der Waals surface area contributed by atoms with E-state index in [1.54, 1.807) is 49.2 Å². The van der Waals surface area contributed by atoms with Crippen LogP contribution in [0.2, 0.25) is 0 Å². The number of amidine groups is 1. The number of alkyl halides is 3. The van der Waals surface area contributed by atoms with Gasteiger partial charge in [0.15, 0.2) is 0 Å². The lowest BCUT2D eigenvalue weighted by Gasteiger charge is -2.27. The Labute approximate surface area is 264 Å². The van der Waals surface area contributed by atoms with Crippen molar-refractivity contribution in [1.29, 1.82) is 0 Å². The van der Waals surface area contributed by atoms with Gasteiger partial charge in [-0.15, -0.1) is 0 Å². The molecule has 0 aliphatic heterocycles. The van der Waals surface area contributed by atoms with Gasteiger partial charge in [0.25, 0.3) is 5.91 Å². The first-order chi connectivity index (χ1) is 21.0. The van der Waals surface area contributed by atoms with Crippen molar-refractivity contribution in [3.63, 3.8) is 0 Å². The van der Waals surface area contributed by atoms with Crippen molar-refractivity contribution in [3.8, 4) is 5.75 Å². The molecule has 3 rings (SSSR count). The fraction of sp³-hybridized carbons (Fsp3) is 0.455. The molecule has 2 aromatic rings. The molecule has 0 heterocycles. The van der Waals surface area contributed by atoms with Crippen LogP contribution in [0.15, 0.2) is 58.7 Å². The summed E-state index contributed by atoms with van der Waals surface area (Å²) in [4.78, 5) is 19.6. The predicted octanol–water partition coefficient (Wildman–Crippen LogP) is 7.61. The normalized spacial score (nSPS) is 17.2. The maximum atomic E-state index is 14.2. The Kier molecular flexibility index (Phi) is 11.9. The fourth-order valence-electron chi connectivity index (χ4n) is 5.35. The van der Waals surface area contributed by atoms with E-state index in [4.69, 9.17) is 4.74 Å². The zero-order chi connectivity index (χ0) is 33.5. The van der Waals surface area contributed by atoms with E-state index in [2.05, 4.69) is 28.0 Å². The third-order valence-electron chi connectivity index (χ3n) is 7.76. The Morgan fingerprint density at radius 1 is 1.18 bits per heavy atom. The number of amides is 1. The highest BCUT2D eigenvalue weighted by Gasteiger charge is 2.41. The average molecular weight is 649 g/mol. The number of nitrogens with one attached hydrogen (secondary N) is 2. The smallest absolute Gasteiger partial charge is 0.397 e. The summed E-state index contributed by atoms with van der Waals surface area (Å²) in [5.41, 5.74) is 3.02. The highest BCUT2D eigenvalue weighted by Crippen LogP contribution is 2.36. The monoisotopic (exact) mass is 648 g/mol. The standard InChI is InChI=1S/C33H43F3N4O4S/c1-8-27(33(34,35)36)30(19-25-18-22(3)13-16-28(25)39-45(7,42)43)38-23(4)37-29-17-14-24(20-31(29)44-6)32(41)40(5)26-11-9-10-21(2)12-15-26/h10,13-14,16-20,26-27,39H,8-9,11-12,15H2,1-7H3,(H,37,38)/b30-19-. The molecular formula is C33H43F3N4O4S. The first kappa shape index (κ1) is 35.7. The summed E-state index contributed by atoms with van der Waals surface area (Å²) in [7, 11) is -0.457. The zero-order valence-corrected chi connectivity index (χ0v) is 27.7. The molecule has 0 aromatic heterocycles. The summed E-state index contributed by atoms with van der Waals surface area (Å²) in [5, 5.41) is 2.82. The van der Waals surface area contributed by atoms with Gasteiger partial charge in [-0.05, 0) is 89.3 Å². The van der Waals surface area contributed by atoms with Crippen LogP contribution in [0, 0.1) is 12.8 Å². The van der Waals surface area contributed by atoms with Gasteiger partial charge in [0, 0.05) is 29.9 Å². The van der Waals surface area contributed by atoms with Gasteiger partial charge in [0.2, 0.25) is 10.0 Å². The molecule has 0 bridgehead atoms. The summed E-state index contributed by atoms with van der Waals surface area (Å²) in [6.07, 6.45) is 3.26. The second-order valence-electron chi connectivity index (χ2n) is 11.5. The second-order valence-corrected chi connectivity index (χ2v) is 13.3. The predicted molar refractivity (Wildman–Crippen MR) is 174 cm³/mol. The summed E-state index contributed by atoms with van der Waals surface area (Å²) < 4.78 is 74.3. The van der Waals surface area contributed by atoms with E-state index in [1.807, 2.05) is 0 Å². The van der Waals surface area contributed by atoms with Gasteiger partial charge in [0.1, 0.15) is 17.3 Å². The van der Waals surface area contributed by atoms with Crippen LogP contribution in [0.25, 0.3) is 6.08 Å². The van der Waals surface area contributed by atoms with E-state index < -0.39 is 22.1 Å². The van der Waals surface area contributed by atoms with E-state index in [1.165, 1.54) is 38.7 Å². The molecule has 0 radical (unpaired) electrons. The van der Waals surface area contributed by atoms with Crippen molar-refractivity contribution in [2.24, 2.45) is 10.9 Å². The SMILES string of the molecule is CCC(/C(=C/c1cc(C)ccc1NS(C)(=O)=O)NC(C)=Nc1ccc(C(=O)N(C)C2CCC=C(C)CC2)cc1OC)C(F)(F)F. The molecule has 2 N–H and O–H groups in total. The third-order valence-corrected chi connectivity index (χ3v) is 8.36. The highest BCUT2D eigenvalue weighted by molar-refractivity contribution is 7.92. The first-order valence-electron chi connectivity index (χ1n) is 14.8. The number of carbonyl (C=O) groups is 1. The number of rotatable bonds is 10. The van der Waals surface area contributed by atoms with Gasteiger partial charge < -0.3 is 15.0 Å². The highest BCUT2D eigenvalue weighted by atomic mass is 32.2. The molecule has 1 amide bonds. The number of nitrogens with zero attached hydrogens (tertiary/aromatic N) is 2. The minimum atomic E-state index is -4.58. The lowest BCUT2D eigenvalue weighted by atomic mass is 9.98. The van der Waals surface area contributed by atoms with Crippen molar-refractivity contribution < 1.29 is 31.1 Å². The lowest BCUT2D eigenvalue weighted by molar-refractivity contribution is -0.165. The molecule has 0 saturated carbocycles. The minimum absolute atomic E-state index is 0.105. The number of anilines is 1. The van der Waals surface area contributed by atoms with Crippen LogP contribution in [0.5, 0.6) is 5.75 Å². The molecule has 2 unspecified atom stereocenters. The lowest BCUT2D eigenvalue weighted by Crippen LogP contribution is -2.36. The van der Waals surface area contributed by atoms with Gasteiger partial charge in [0.05, 0.1) is 25.0 Å². The van der Waals surface area contributed by atoms with Crippen LogP contribution in [0.1, 0.15) is 74.4 Å². The van der Waals surface area contributed by atoms with Crippen molar-refractivity contribution >= 4 is 39.2 Å². The van der Waals surface area contributed by atoms with E-state index in [9.17, 15) is 26.4 Å². The molecule has 1 aliphatic carbocycles. The maximum absolute atomic E-state index is 14.2. The molecule has 2 atom stereocenters. The Hall–Kier alpha value is -3.80. The number of carbonyl (C=O) groups excluding carboxylic acids is 1. The molecule has 12 heteroatoms. The number of aliphatic imine (C=N–C) groups is 1. The number of sulfonamides is 1. The van der Waals surface area contributed by atoms with Crippen molar-refractivity contribution in [2.75, 3.05) is 25.1 Å². The number of aryl methyl sites for hydroxylation is 1. The fourth-order valence-corrected chi connectivity index (χ4v) is 5.94. The molecule has 8 nitrogen and oxygen atoms in total. The number of ether oxygens (including phenoxy) is 1. The average Bonchev–Trinajstić information content (AvgIpc) is 3.17. The van der Waals surface area contributed by atoms with Crippen molar-refractivity contribution in [1.82, 2.24) is 10.2 Å². The third kappa shape index (κ3) is 10.1. The Bertz CT molecular complexity index is 1580. The summed E-state index contributed by atoms with van der Waals surface area (Å²) in [5.74, 6) is -1.60. The molecule has 1 aliphatic rings. The second kappa shape index (κ2) is 15.0. The topological polar surface area (TPSA) is 100 Å². The van der Waals surface area contributed by atoms with Gasteiger partial charge in [-0.25, -0.2) is 13.4 Å². The van der Waals surface area contributed by atoms with Crippen LogP contribution < -0.4 is 14.8 Å². The first-order valence-corrected chi connectivity index (χ1v) is 16.7. The Balaban J connectivity index is 1.96. The molecule has 246 valence electrons. The summed E-state index contributed by atoms with van der Waals surface area (Å²) in [6.45, 7) is 6.81. The van der Waals surface area contributed by atoms with Gasteiger partial charge in [-0.1, -0.05) is 30.2 Å². The van der Waals surface area contributed by atoms with Crippen LogP contribution in [0.4, 0.5) is 24.5 Å². The van der Waals surface area contributed by atoms with Gasteiger partial charge in [-0.2, -0.15) is 13.2 Å². The van der Waals surface area contributed by atoms with Crippen LogP contribution >= 0.6 is 0 Å². The van der Waals surface area contributed by atoms with Crippen LogP contribution in [0.3, 0.4) is 0 Å². The van der Waals surface area contributed by atoms with Gasteiger partial charge in [-0.3, -0.25) is 9.52 Å². The quantitative estimate of drug-likeness (QED) is 0.157. The number of methoxy groups -OCH3 is 1.